The molecule has 1 fully saturated rings. The Morgan fingerprint density at radius 2 is 2.20 bits per heavy atom. The van der Waals surface area contributed by atoms with Gasteiger partial charge in [-0.05, 0) is 43.7 Å². The Bertz CT molecular complexity index is 444. The van der Waals surface area contributed by atoms with E-state index < -0.39 is 0 Å². The van der Waals surface area contributed by atoms with Crippen molar-refractivity contribution in [2.75, 3.05) is 19.7 Å². The number of hydrogen-bond acceptors (Lipinski definition) is 2. The summed E-state index contributed by atoms with van der Waals surface area (Å²) < 4.78 is 5.61. The number of carbonyl (C=O) groups excluding carboxylic acids is 1. The minimum Gasteiger partial charge on any atom is -0.494 e. The van der Waals surface area contributed by atoms with Gasteiger partial charge in [-0.2, -0.15) is 0 Å². The summed E-state index contributed by atoms with van der Waals surface area (Å²) in [5.41, 5.74) is 1.13. The molecule has 1 amide bonds. The van der Waals surface area contributed by atoms with Gasteiger partial charge >= 0.3 is 0 Å². The molecule has 1 aromatic carbocycles. The molecule has 3 heteroatoms. The van der Waals surface area contributed by atoms with Crippen molar-refractivity contribution < 1.29 is 9.53 Å². The first-order chi connectivity index (χ1) is 9.70. The third kappa shape index (κ3) is 3.99. The number of rotatable bonds is 5. The number of piperidine rings is 1. The second-order valence-electron chi connectivity index (χ2n) is 5.63. The van der Waals surface area contributed by atoms with Gasteiger partial charge in [-0.3, -0.25) is 4.79 Å². The standard InChI is InChI=1S/C17H25NO2/c1-3-20-16-9-5-4-8-15(16)10-11-17(19)18-12-6-7-14(2)13-18/h4-5,8-9,14H,3,6-7,10-13H2,1-2H3. The van der Waals surface area contributed by atoms with Crippen LogP contribution in [0.1, 0.15) is 38.7 Å². The summed E-state index contributed by atoms with van der Waals surface area (Å²) in [6.07, 6.45) is 3.73. The van der Waals surface area contributed by atoms with Crippen molar-refractivity contribution in [1.29, 1.82) is 0 Å². The molecule has 0 aliphatic carbocycles. The van der Waals surface area contributed by atoms with Crippen molar-refractivity contribution in [2.24, 2.45) is 5.92 Å². The number of aryl methyl sites for hydroxylation is 1. The van der Waals surface area contributed by atoms with Crippen molar-refractivity contribution in [3.8, 4) is 5.75 Å². The molecule has 0 N–H and O–H groups in total. The minimum atomic E-state index is 0.280. The molecule has 2 rings (SSSR count). The minimum absolute atomic E-state index is 0.280. The van der Waals surface area contributed by atoms with E-state index in [0.717, 1.165) is 37.2 Å². The van der Waals surface area contributed by atoms with Crippen molar-refractivity contribution in [3.05, 3.63) is 29.8 Å². The number of ether oxygens (including phenoxy) is 1. The highest BCUT2D eigenvalue weighted by molar-refractivity contribution is 5.76. The van der Waals surface area contributed by atoms with Crippen LogP contribution in [0.3, 0.4) is 0 Å². The molecule has 0 radical (unpaired) electrons. The van der Waals surface area contributed by atoms with E-state index in [1.165, 1.54) is 6.42 Å². The van der Waals surface area contributed by atoms with Gasteiger partial charge in [0.15, 0.2) is 0 Å². The molecule has 1 heterocycles. The molecule has 1 unspecified atom stereocenters. The second kappa shape index (κ2) is 7.32. The number of para-hydroxylation sites is 1. The Labute approximate surface area is 121 Å². The summed E-state index contributed by atoms with van der Waals surface area (Å²) in [6, 6.07) is 8.01. The fourth-order valence-electron chi connectivity index (χ4n) is 2.82. The molecule has 1 atom stereocenters. The van der Waals surface area contributed by atoms with Crippen molar-refractivity contribution in [2.45, 2.75) is 39.5 Å². The predicted octanol–water partition coefficient (Wildman–Crippen LogP) is 3.28. The first-order valence-corrected chi connectivity index (χ1v) is 7.69. The molecule has 3 nitrogen and oxygen atoms in total. The normalized spacial score (nSPS) is 18.9. The van der Waals surface area contributed by atoms with Gasteiger partial charge in [-0.25, -0.2) is 0 Å². The van der Waals surface area contributed by atoms with Crippen LogP contribution in [0.2, 0.25) is 0 Å². The Morgan fingerprint density at radius 3 is 2.95 bits per heavy atom. The van der Waals surface area contributed by atoms with E-state index in [0.29, 0.717) is 18.9 Å². The third-order valence-electron chi connectivity index (χ3n) is 3.89. The van der Waals surface area contributed by atoms with Gasteiger partial charge in [0.25, 0.3) is 0 Å². The van der Waals surface area contributed by atoms with Crippen LogP contribution in [-0.2, 0) is 11.2 Å². The maximum atomic E-state index is 12.3. The highest BCUT2D eigenvalue weighted by Gasteiger charge is 2.20. The van der Waals surface area contributed by atoms with Crippen molar-refractivity contribution >= 4 is 5.91 Å². The third-order valence-corrected chi connectivity index (χ3v) is 3.89. The Kier molecular flexibility index (Phi) is 5.45. The van der Waals surface area contributed by atoms with E-state index >= 15 is 0 Å². The molecule has 1 aliphatic heterocycles. The van der Waals surface area contributed by atoms with Gasteiger partial charge in [-0.15, -0.1) is 0 Å². The van der Waals surface area contributed by atoms with Crippen LogP contribution in [0.25, 0.3) is 0 Å². The van der Waals surface area contributed by atoms with Crippen LogP contribution >= 0.6 is 0 Å². The Morgan fingerprint density at radius 1 is 1.40 bits per heavy atom. The fourth-order valence-corrected chi connectivity index (χ4v) is 2.82. The molecule has 20 heavy (non-hydrogen) atoms. The lowest BCUT2D eigenvalue weighted by Gasteiger charge is -2.31. The predicted molar refractivity (Wildman–Crippen MR) is 80.9 cm³/mol. The summed E-state index contributed by atoms with van der Waals surface area (Å²) in [6.45, 7) is 6.72. The molecule has 0 saturated carbocycles. The van der Waals surface area contributed by atoms with Gasteiger partial charge in [0.2, 0.25) is 5.91 Å². The van der Waals surface area contributed by atoms with Crippen LogP contribution in [0.5, 0.6) is 5.75 Å². The van der Waals surface area contributed by atoms with E-state index in [2.05, 4.69) is 13.0 Å². The molecule has 1 saturated heterocycles. The van der Waals surface area contributed by atoms with E-state index in [9.17, 15) is 4.79 Å². The van der Waals surface area contributed by atoms with Crippen LogP contribution in [0.15, 0.2) is 24.3 Å². The Hall–Kier alpha value is -1.51. The largest absolute Gasteiger partial charge is 0.494 e. The molecule has 0 aromatic heterocycles. The summed E-state index contributed by atoms with van der Waals surface area (Å²) in [7, 11) is 0. The lowest BCUT2D eigenvalue weighted by atomic mass is 9.99. The van der Waals surface area contributed by atoms with Crippen LogP contribution in [-0.4, -0.2) is 30.5 Å². The molecule has 0 bridgehead atoms. The first kappa shape index (κ1) is 14.9. The van der Waals surface area contributed by atoms with Crippen LogP contribution < -0.4 is 4.74 Å². The lowest BCUT2D eigenvalue weighted by Crippen LogP contribution is -2.39. The summed E-state index contributed by atoms with van der Waals surface area (Å²) in [4.78, 5) is 14.3. The highest BCUT2D eigenvalue weighted by atomic mass is 16.5. The zero-order valence-electron chi connectivity index (χ0n) is 12.6. The SMILES string of the molecule is CCOc1ccccc1CCC(=O)N1CCCC(C)C1. The summed E-state index contributed by atoms with van der Waals surface area (Å²) in [5, 5.41) is 0. The summed E-state index contributed by atoms with van der Waals surface area (Å²) >= 11 is 0. The van der Waals surface area contributed by atoms with Gasteiger partial charge in [0, 0.05) is 19.5 Å². The highest BCUT2D eigenvalue weighted by Crippen LogP contribution is 2.21. The molecular weight excluding hydrogens is 250 g/mol. The summed E-state index contributed by atoms with van der Waals surface area (Å²) in [5.74, 6) is 1.83. The van der Waals surface area contributed by atoms with E-state index in [-0.39, 0.29) is 5.91 Å². The number of benzene rings is 1. The van der Waals surface area contributed by atoms with E-state index in [1.54, 1.807) is 0 Å². The monoisotopic (exact) mass is 275 g/mol. The fraction of sp³-hybridized carbons (Fsp3) is 0.588. The van der Waals surface area contributed by atoms with Gasteiger partial charge in [0.05, 0.1) is 6.61 Å². The topological polar surface area (TPSA) is 29.5 Å². The quantitative estimate of drug-likeness (QED) is 0.825. The maximum Gasteiger partial charge on any atom is 0.222 e. The van der Waals surface area contributed by atoms with Crippen molar-refractivity contribution in [3.63, 3.8) is 0 Å². The average Bonchev–Trinajstić information content (AvgIpc) is 2.46. The van der Waals surface area contributed by atoms with Gasteiger partial charge in [0.1, 0.15) is 5.75 Å². The van der Waals surface area contributed by atoms with E-state index in [1.807, 2.05) is 30.0 Å². The second-order valence-corrected chi connectivity index (χ2v) is 5.63. The molecule has 1 aromatic rings. The molecular formula is C17H25NO2. The number of carbonyl (C=O) groups is 1. The Balaban J connectivity index is 1.89. The van der Waals surface area contributed by atoms with Gasteiger partial charge < -0.3 is 9.64 Å². The van der Waals surface area contributed by atoms with Crippen LogP contribution in [0, 0.1) is 5.92 Å². The first-order valence-electron chi connectivity index (χ1n) is 7.69. The molecule has 1 aliphatic rings. The number of hydrogen-bond donors (Lipinski definition) is 0. The lowest BCUT2D eigenvalue weighted by molar-refractivity contribution is -0.132. The average molecular weight is 275 g/mol. The zero-order chi connectivity index (χ0) is 14.4. The number of likely N-dealkylation sites (tertiary alicyclic amines) is 1. The zero-order valence-corrected chi connectivity index (χ0v) is 12.6. The van der Waals surface area contributed by atoms with Gasteiger partial charge in [-0.1, -0.05) is 25.1 Å². The van der Waals surface area contributed by atoms with Crippen molar-refractivity contribution in [1.82, 2.24) is 4.90 Å². The number of amides is 1. The van der Waals surface area contributed by atoms with Crippen LogP contribution in [0.4, 0.5) is 0 Å². The maximum absolute atomic E-state index is 12.3. The molecule has 110 valence electrons. The smallest absolute Gasteiger partial charge is 0.222 e. The molecule has 0 spiro atoms. The van der Waals surface area contributed by atoms with E-state index in [4.69, 9.17) is 4.74 Å². The number of nitrogens with zero attached hydrogens (tertiary/aromatic N) is 1.